The zero-order valence-electron chi connectivity index (χ0n) is 18.1. The molecule has 0 spiro atoms. The average Bonchev–Trinajstić information content (AvgIpc) is 3.04. The summed E-state index contributed by atoms with van der Waals surface area (Å²) >= 11 is 0. The highest BCUT2D eigenvalue weighted by Gasteiger charge is 2.22. The number of carbonyl (C=O) groups excluding carboxylic acids is 2. The van der Waals surface area contributed by atoms with Gasteiger partial charge < -0.3 is 16.0 Å². The zero-order valence-corrected chi connectivity index (χ0v) is 18.1. The van der Waals surface area contributed by atoms with Crippen LogP contribution in [0.25, 0.3) is 17.2 Å². The molecule has 0 radical (unpaired) electrons. The summed E-state index contributed by atoms with van der Waals surface area (Å²) in [5, 5.41) is 2.85. The molecular formula is C25H28N4O2. The highest BCUT2D eigenvalue weighted by atomic mass is 16.2. The van der Waals surface area contributed by atoms with Gasteiger partial charge in [0.1, 0.15) is 5.84 Å². The number of nitrogens with one attached hydrogen (secondary N) is 1. The van der Waals surface area contributed by atoms with Gasteiger partial charge in [0.15, 0.2) is 0 Å². The lowest BCUT2D eigenvalue weighted by molar-refractivity contribution is -0.127. The van der Waals surface area contributed by atoms with Crippen LogP contribution in [0, 0.1) is 0 Å². The number of nitrogens with two attached hydrogens (primary N) is 1. The summed E-state index contributed by atoms with van der Waals surface area (Å²) in [6.07, 6.45) is 4.11. The minimum Gasteiger partial charge on any atom is -0.387 e. The third-order valence-electron chi connectivity index (χ3n) is 5.67. The molecule has 2 aliphatic heterocycles. The fraction of sp³-hybridized carbons (Fsp3) is 0.320. The molecule has 0 saturated heterocycles. The first-order chi connectivity index (χ1) is 15.0. The Morgan fingerprint density at radius 3 is 2.55 bits per heavy atom. The van der Waals surface area contributed by atoms with E-state index in [4.69, 9.17) is 5.73 Å². The first kappa shape index (κ1) is 20.8. The van der Waals surface area contributed by atoms with E-state index in [1.165, 1.54) is 0 Å². The highest BCUT2D eigenvalue weighted by molar-refractivity contribution is 6.05. The van der Waals surface area contributed by atoms with Gasteiger partial charge in [0, 0.05) is 42.8 Å². The number of hydrogen-bond donors (Lipinski definition) is 2. The number of hydrogen-bond acceptors (Lipinski definition) is 4. The van der Waals surface area contributed by atoms with Crippen LogP contribution in [0.5, 0.6) is 0 Å². The Labute approximate surface area is 182 Å². The maximum Gasteiger partial charge on any atom is 0.251 e. The predicted molar refractivity (Wildman–Crippen MR) is 124 cm³/mol. The molecule has 0 unspecified atom stereocenters. The van der Waals surface area contributed by atoms with Crippen LogP contribution >= 0.6 is 0 Å². The van der Waals surface area contributed by atoms with Crippen molar-refractivity contribution >= 4 is 29.4 Å². The van der Waals surface area contributed by atoms with Crippen molar-refractivity contribution in [2.75, 3.05) is 13.1 Å². The lowest BCUT2D eigenvalue weighted by Crippen LogP contribution is -2.34. The molecule has 4 rings (SSSR count). The fourth-order valence-corrected chi connectivity index (χ4v) is 4.18. The Bertz CT molecular complexity index is 1090. The Hall–Kier alpha value is -3.41. The monoisotopic (exact) mass is 416 g/mol. The van der Waals surface area contributed by atoms with Crippen LogP contribution in [0.4, 0.5) is 5.69 Å². The molecule has 2 aromatic carbocycles. The van der Waals surface area contributed by atoms with Crippen LogP contribution in [-0.2, 0) is 11.3 Å². The molecule has 2 amide bonds. The van der Waals surface area contributed by atoms with Gasteiger partial charge in [-0.1, -0.05) is 32.0 Å². The number of amidine groups is 1. The minimum atomic E-state index is -0.0247. The van der Waals surface area contributed by atoms with Crippen LogP contribution in [-0.4, -0.2) is 35.6 Å². The number of aliphatic imine (C=N–C) groups is 1. The van der Waals surface area contributed by atoms with Crippen LogP contribution in [0.15, 0.2) is 47.0 Å². The van der Waals surface area contributed by atoms with Gasteiger partial charge in [0.2, 0.25) is 5.91 Å². The molecule has 3 N–H and O–H groups in total. The van der Waals surface area contributed by atoms with Crippen molar-refractivity contribution in [2.45, 2.75) is 39.7 Å². The summed E-state index contributed by atoms with van der Waals surface area (Å²) in [6.45, 7) is 6.19. The largest absolute Gasteiger partial charge is 0.387 e. The third kappa shape index (κ3) is 4.24. The SMILES string of the molecule is CCCN(CCC)C(=O)C1=Cc2ccc(-c3ccc4c(c3)CNC4=O)cc2N=C(N)C1. The molecule has 2 aliphatic rings. The van der Waals surface area contributed by atoms with E-state index in [2.05, 4.69) is 24.2 Å². The normalized spacial score (nSPS) is 14.7. The first-order valence-corrected chi connectivity index (χ1v) is 10.9. The Morgan fingerprint density at radius 1 is 1.10 bits per heavy atom. The van der Waals surface area contributed by atoms with E-state index in [1.807, 2.05) is 47.4 Å². The molecule has 0 bridgehead atoms. The number of carbonyl (C=O) groups is 2. The van der Waals surface area contributed by atoms with Gasteiger partial charge in [-0.2, -0.15) is 0 Å². The number of nitrogens with zero attached hydrogens (tertiary/aromatic N) is 2. The average molecular weight is 417 g/mol. The third-order valence-corrected chi connectivity index (χ3v) is 5.67. The Balaban J connectivity index is 1.68. The second kappa shape index (κ2) is 8.76. The van der Waals surface area contributed by atoms with Gasteiger partial charge in [-0.25, -0.2) is 4.99 Å². The van der Waals surface area contributed by atoms with E-state index in [0.29, 0.717) is 24.4 Å². The van der Waals surface area contributed by atoms with Crippen molar-refractivity contribution in [2.24, 2.45) is 10.7 Å². The van der Waals surface area contributed by atoms with E-state index in [1.54, 1.807) is 0 Å². The summed E-state index contributed by atoms with van der Waals surface area (Å²) in [4.78, 5) is 31.4. The lowest BCUT2D eigenvalue weighted by Gasteiger charge is -2.22. The number of rotatable bonds is 6. The summed E-state index contributed by atoms with van der Waals surface area (Å²) in [5.74, 6) is 0.449. The van der Waals surface area contributed by atoms with E-state index < -0.39 is 0 Å². The van der Waals surface area contributed by atoms with E-state index in [9.17, 15) is 9.59 Å². The van der Waals surface area contributed by atoms with Crippen LogP contribution in [0.3, 0.4) is 0 Å². The van der Waals surface area contributed by atoms with E-state index in [0.717, 1.165) is 59.4 Å². The zero-order chi connectivity index (χ0) is 22.0. The second-order valence-electron chi connectivity index (χ2n) is 8.07. The smallest absolute Gasteiger partial charge is 0.251 e. The molecule has 6 nitrogen and oxygen atoms in total. The van der Waals surface area contributed by atoms with Crippen LogP contribution in [0.2, 0.25) is 0 Å². The van der Waals surface area contributed by atoms with E-state index >= 15 is 0 Å². The fourth-order valence-electron chi connectivity index (χ4n) is 4.18. The van der Waals surface area contributed by atoms with Crippen molar-refractivity contribution in [3.63, 3.8) is 0 Å². The maximum absolute atomic E-state index is 13.1. The van der Waals surface area contributed by atoms with E-state index in [-0.39, 0.29) is 11.8 Å². The predicted octanol–water partition coefficient (Wildman–Crippen LogP) is 4.02. The maximum atomic E-state index is 13.1. The summed E-state index contributed by atoms with van der Waals surface area (Å²) in [7, 11) is 0. The topological polar surface area (TPSA) is 87.8 Å². The first-order valence-electron chi connectivity index (χ1n) is 10.9. The standard InChI is InChI=1S/C25H28N4O2/c1-3-9-29(10-4-2)25(31)19-12-18-6-5-17(13-22(18)28-23(26)14-19)16-7-8-21-20(11-16)15-27-24(21)30/h5-8,11-13H,3-4,9-10,14-15H2,1-2H3,(H2,26,28)(H,27,30). The molecule has 2 heterocycles. The van der Waals surface area contributed by atoms with Gasteiger partial charge in [-0.3, -0.25) is 9.59 Å². The Kier molecular flexibility index (Phi) is 5.89. The number of fused-ring (bicyclic) bond motifs is 2. The number of amides is 2. The molecule has 6 heteroatoms. The summed E-state index contributed by atoms with van der Waals surface area (Å²) in [6, 6.07) is 11.9. The quantitative estimate of drug-likeness (QED) is 0.745. The van der Waals surface area contributed by atoms with Crippen molar-refractivity contribution in [1.29, 1.82) is 0 Å². The minimum absolute atomic E-state index is 0.0247. The molecule has 0 aromatic heterocycles. The molecule has 2 aromatic rings. The van der Waals surface area contributed by atoms with Gasteiger partial charge in [-0.05, 0) is 53.8 Å². The molecule has 31 heavy (non-hydrogen) atoms. The summed E-state index contributed by atoms with van der Waals surface area (Å²) < 4.78 is 0. The van der Waals surface area contributed by atoms with Gasteiger partial charge in [0.25, 0.3) is 5.91 Å². The van der Waals surface area contributed by atoms with Gasteiger partial charge >= 0.3 is 0 Å². The molecule has 0 fully saturated rings. The molecule has 160 valence electrons. The second-order valence-corrected chi connectivity index (χ2v) is 8.07. The molecule has 0 aliphatic carbocycles. The molecule has 0 atom stereocenters. The van der Waals surface area contributed by atoms with Gasteiger partial charge in [0.05, 0.1) is 5.69 Å². The number of benzene rings is 2. The summed E-state index contributed by atoms with van der Waals surface area (Å²) in [5.41, 5.74) is 12.3. The Morgan fingerprint density at radius 2 is 1.81 bits per heavy atom. The molecular weight excluding hydrogens is 388 g/mol. The van der Waals surface area contributed by atoms with Crippen LogP contribution in [0.1, 0.15) is 54.6 Å². The molecule has 0 saturated carbocycles. The lowest BCUT2D eigenvalue weighted by atomic mass is 9.98. The van der Waals surface area contributed by atoms with Crippen LogP contribution < -0.4 is 11.1 Å². The van der Waals surface area contributed by atoms with Crippen molar-refractivity contribution in [1.82, 2.24) is 10.2 Å². The van der Waals surface area contributed by atoms with Crippen molar-refractivity contribution < 1.29 is 9.59 Å². The highest BCUT2D eigenvalue weighted by Crippen LogP contribution is 2.33. The van der Waals surface area contributed by atoms with Crippen molar-refractivity contribution in [3.05, 3.63) is 58.7 Å². The van der Waals surface area contributed by atoms with Crippen molar-refractivity contribution in [3.8, 4) is 11.1 Å². The van der Waals surface area contributed by atoms with Gasteiger partial charge in [-0.15, -0.1) is 0 Å².